The Bertz CT molecular complexity index is 1380. The highest BCUT2D eigenvalue weighted by Crippen LogP contribution is 2.36. The number of fused-ring (bicyclic) bond motifs is 1. The lowest BCUT2D eigenvalue weighted by atomic mass is 10.0. The summed E-state index contributed by atoms with van der Waals surface area (Å²) in [5.41, 5.74) is 5.33. The number of pyridine rings is 1. The molecule has 1 aromatic carbocycles. The molecule has 0 saturated heterocycles. The highest BCUT2D eigenvalue weighted by atomic mass is 16.5. The maximum absolute atomic E-state index is 5.72. The molecule has 9 heteroatoms. The van der Waals surface area contributed by atoms with E-state index in [9.17, 15) is 0 Å². The van der Waals surface area contributed by atoms with Gasteiger partial charge in [0.15, 0.2) is 5.65 Å². The van der Waals surface area contributed by atoms with Crippen molar-refractivity contribution in [1.82, 2.24) is 24.7 Å². The Morgan fingerprint density at radius 1 is 1.09 bits per heavy atom. The smallest absolute Gasteiger partial charge is 0.179 e. The minimum Gasteiger partial charge on any atom is -0.496 e. The van der Waals surface area contributed by atoms with Crippen molar-refractivity contribution in [3.63, 3.8) is 0 Å². The van der Waals surface area contributed by atoms with E-state index in [-0.39, 0.29) is 0 Å². The summed E-state index contributed by atoms with van der Waals surface area (Å²) in [5.74, 6) is 3.27. The number of methoxy groups -OCH3 is 2. The van der Waals surface area contributed by atoms with Gasteiger partial charge in [0.25, 0.3) is 0 Å². The summed E-state index contributed by atoms with van der Waals surface area (Å²) >= 11 is 0. The first kappa shape index (κ1) is 21.6. The number of aryl methyl sites for hydroxylation is 3. The van der Waals surface area contributed by atoms with Crippen LogP contribution in [0.2, 0.25) is 0 Å². The van der Waals surface area contributed by atoms with Crippen LogP contribution in [0.15, 0.2) is 59.6 Å². The molecule has 4 heterocycles. The fourth-order valence-electron chi connectivity index (χ4n) is 4.00. The number of H-pyrrole nitrogens is 1. The van der Waals surface area contributed by atoms with E-state index < -0.39 is 0 Å². The number of benzene rings is 1. The first-order chi connectivity index (χ1) is 16.6. The van der Waals surface area contributed by atoms with E-state index in [1.165, 1.54) is 0 Å². The van der Waals surface area contributed by atoms with Crippen molar-refractivity contribution in [2.24, 2.45) is 7.05 Å². The van der Waals surface area contributed by atoms with Gasteiger partial charge in [0.05, 0.1) is 37.9 Å². The second-order valence-electron chi connectivity index (χ2n) is 7.94. The van der Waals surface area contributed by atoms with Crippen LogP contribution in [0.3, 0.4) is 0 Å². The maximum atomic E-state index is 5.72. The molecule has 5 aromatic rings. The molecule has 0 amide bonds. The maximum Gasteiger partial charge on any atom is 0.179 e. The topological polar surface area (TPSA) is 103 Å². The number of aromatic nitrogens is 5. The van der Waals surface area contributed by atoms with Crippen LogP contribution in [0, 0.1) is 0 Å². The van der Waals surface area contributed by atoms with Crippen LogP contribution >= 0.6 is 0 Å². The van der Waals surface area contributed by atoms with Crippen molar-refractivity contribution in [3.05, 3.63) is 72.3 Å². The molecule has 5 rings (SSSR count). The minimum absolute atomic E-state index is 0.500. The van der Waals surface area contributed by atoms with Crippen LogP contribution in [-0.2, 0) is 26.4 Å². The van der Waals surface area contributed by atoms with Gasteiger partial charge in [-0.1, -0.05) is 0 Å². The van der Waals surface area contributed by atoms with Crippen molar-refractivity contribution in [3.8, 4) is 22.6 Å². The summed E-state index contributed by atoms with van der Waals surface area (Å²) in [6.45, 7) is 0.500. The third-order valence-electron chi connectivity index (χ3n) is 5.73. The molecule has 0 aliphatic heterocycles. The minimum atomic E-state index is 0.500. The van der Waals surface area contributed by atoms with E-state index in [0.29, 0.717) is 12.2 Å². The Morgan fingerprint density at radius 2 is 1.91 bits per heavy atom. The summed E-state index contributed by atoms with van der Waals surface area (Å²) in [6.07, 6.45) is 8.72. The average molecular weight is 459 g/mol. The van der Waals surface area contributed by atoms with E-state index in [2.05, 4.69) is 25.4 Å². The fourth-order valence-corrected chi connectivity index (χ4v) is 4.00. The molecule has 2 N–H and O–H groups in total. The third kappa shape index (κ3) is 4.32. The van der Waals surface area contributed by atoms with E-state index in [1.807, 2.05) is 49.8 Å². The molecule has 0 fully saturated rings. The number of rotatable bonds is 9. The number of aromatic amines is 1. The summed E-state index contributed by atoms with van der Waals surface area (Å²) in [6, 6.07) is 9.79. The molecule has 9 nitrogen and oxygen atoms in total. The van der Waals surface area contributed by atoms with Gasteiger partial charge in [0.2, 0.25) is 0 Å². The van der Waals surface area contributed by atoms with Crippen LogP contribution in [-0.4, -0.2) is 39.0 Å². The number of hydrogen-bond acceptors (Lipinski definition) is 7. The number of nitrogens with zero attached hydrogens (tertiary/aromatic N) is 4. The number of ether oxygens (including phenoxy) is 2. The van der Waals surface area contributed by atoms with Gasteiger partial charge in [-0.05, 0) is 35.9 Å². The molecule has 0 bridgehead atoms. The van der Waals surface area contributed by atoms with Crippen molar-refractivity contribution in [2.45, 2.75) is 19.4 Å². The molecule has 0 aliphatic rings. The van der Waals surface area contributed by atoms with Gasteiger partial charge in [-0.15, -0.1) is 0 Å². The van der Waals surface area contributed by atoms with E-state index in [0.717, 1.165) is 63.8 Å². The number of anilines is 1. The van der Waals surface area contributed by atoms with Crippen molar-refractivity contribution < 1.29 is 13.9 Å². The van der Waals surface area contributed by atoms with Crippen LogP contribution in [0.25, 0.3) is 22.3 Å². The fraction of sp³-hybridized carbons (Fsp3) is 0.240. The number of hydrogen-bond donors (Lipinski definition) is 2. The summed E-state index contributed by atoms with van der Waals surface area (Å²) in [7, 11) is 5.22. The second-order valence-corrected chi connectivity index (χ2v) is 7.94. The Labute approximate surface area is 196 Å². The highest BCUT2D eigenvalue weighted by Gasteiger charge is 2.16. The Balaban J connectivity index is 1.39. The van der Waals surface area contributed by atoms with Gasteiger partial charge in [-0.3, -0.25) is 4.68 Å². The number of imidazole rings is 1. The molecule has 0 radical (unpaired) electrons. The van der Waals surface area contributed by atoms with Crippen LogP contribution in [0.5, 0.6) is 11.5 Å². The predicted molar refractivity (Wildman–Crippen MR) is 129 cm³/mol. The average Bonchev–Trinajstić information content (AvgIpc) is 3.61. The van der Waals surface area contributed by atoms with Gasteiger partial charge in [-0.25, -0.2) is 9.97 Å². The highest BCUT2D eigenvalue weighted by molar-refractivity contribution is 5.85. The molecular weight excluding hydrogens is 432 g/mol. The molecule has 174 valence electrons. The SMILES string of the molecule is COc1cc(-c2cnn(C)c2)cc(OC)c1CNc1ccnc2nc(CCc3ccco3)[nH]c12. The van der Waals surface area contributed by atoms with Crippen molar-refractivity contribution >= 4 is 16.9 Å². The lowest BCUT2D eigenvalue weighted by molar-refractivity contribution is 0.387. The Hall–Kier alpha value is -4.27. The zero-order valence-electron chi connectivity index (χ0n) is 19.3. The summed E-state index contributed by atoms with van der Waals surface area (Å²) < 4.78 is 18.6. The van der Waals surface area contributed by atoms with Crippen LogP contribution in [0.1, 0.15) is 17.1 Å². The molecule has 4 aromatic heterocycles. The molecule has 0 aliphatic carbocycles. The van der Waals surface area contributed by atoms with Gasteiger partial charge in [0.1, 0.15) is 28.6 Å². The first-order valence-electron chi connectivity index (χ1n) is 11.0. The van der Waals surface area contributed by atoms with Gasteiger partial charge in [0, 0.05) is 44.4 Å². The monoisotopic (exact) mass is 458 g/mol. The standard InChI is InChI=1S/C25H26N6O3/c1-31-15-17(13-28-31)16-11-21(32-2)19(22(12-16)33-3)14-27-20-8-9-26-25-24(20)29-23(30-25)7-6-18-5-4-10-34-18/h4-5,8-13,15H,6-7,14H2,1-3H3,(H2,26,27,29,30). The molecule has 0 atom stereocenters. The lowest BCUT2D eigenvalue weighted by Crippen LogP contribution is -2.05. The molecular formula is C25H26N6O3. The molecule has 0 spiro atoms. The molecule has 0 unspecified atom stereocenters. The molecule has 0 saturated carbocycles. The van der Waals surface area contributed by atoms with Crippen molar-refractivity contribution in [2.75, 3.05) is 19.5 Å². The zero-order chi connectivity index (χ0) is 23.5. The van der Waals surface area contributed by atoms with E-state index in [4.69, 9.17) is 13.9 Å². The predicted octanol–water partition coefficient (Wildman–Crippen LogP) is 4.37. The number of nitrogens with one attached hydrogen (secondary N) is 2. The largest absolute Gasteiger partial charge is 0.496 e. The third-order valence-corrected chi connectivity index (χ3v) is 5.73. The zero-order valence-corrected chi connectivity index (χ0v) is 19.3. The van der Waals surface area contributed by atoms with Crippen LogP contribution in [0.4, 0.5) is 5.69 Å². The number of furan rings is 1. The van der Waals surface area contributed by atoms with Crippen LogP contribution < -0.4 is 14.8 Å². The van der Waals surface area contributed by atoms with Gasteiger partial charge in [-0.2, -0.15) is 5.10 Å². The van der Waals surface area contributed by atoms with Gasteiger partial charge < -0.3 is 24.2 Å². The van der Waals surface area contributed by atoms with E-state index >= 15 is 0 Å². The summed E-state index contributed by atoms with van der Waals surface area (Å²) in [5, 5.41) is 7.76. The van der Waals surface area contributed by atoms with Gasteiger partial charge >= 0.3 is 0 Å². The Morgan fingerprint density at radius 3 is 2.59 bits per heavy atom. The molecule has 34 heavy (non-hydrogen) atoms. The van der Waals surface area contributed by atoms with Crippen molar-refractivity contribution in [1.29, 1.82) is 0 Å². The quantitative estimate of drug-likeness (QED) is 0.338. The van der Waals surface area contributed by atoms with E-state index in [1.54, 1.807) is 31.4 Å². The normalized spacial score (nSPS) is 11.1. The first-order valence-corrected chi connectivity index (χ1v) is 11.0. The summed E-state index contributed by atoms with van der Waals surface area (Å²) in [4.78, 5) is 12.5. The lowest BCUT2D eigenvalue weighted by Gasteiger charge is -2.16. The second kappa shape index (κ2) is 9.30. The Kier molecular flexibility index (Phi) is 5.90.